The molecule has 1 saturated carbocycles. The number of nitrogens with one attached hydrogen (secondary N) is 1. The Morgan fingerprint density at radius 1 is 1.28 bits per heavy atom. The van der Waals surface area contributed by atoms with Gasteiger partial charge in [0.05, 0.1) is 0 Å². The molecule has 1 aliphatic rings. The standard InChI is InChI=1S/C17H27N/c1-4-5-11-16(14-9-7-6-8-10-14)18-13-15-12-17(15,2)3/h6-10,15-16,18H,4-5,11-13H2,1-3H3. The summed E-state index contributed by atoms with van der Waals surface area (Å²) in [4.78, 5) is 0. The van der Waals surface area contributed by atoms with Gasteiger partial charge in [0.2, 0.25) is 0 Å². The molecule has 0 heterocycles. The summed E-state index contributed by atoms with van der Waals surface area (Å²) >= 11 is 0. The van der Waals surface area contributed by atoms with Crippen molar-refractivity contribution in [1.82, 2.24) is 5.32 Å². The average molecular weight is 245 g/mol. The summed E-state index contributed by atoms with van der Waals surface area (Å²) < 4.78 is 0. The highest BCUT2D eigenvalue weighted by Crippen LogP contribution is 2.51. The number of benzene rings is 1. The summed E-state index contributed by atoms with van der Waals surface area (Å²) in [5, 5.41) is 3.79. The van der Waals surface area contributed by atoms with Gasteiger partial charge in [-0.05, 0) is 36.3 Å². The molecule has 0 saturated heterocycles. The monoisotopic (exact) mass is 245 g/mol. The van der Waals surface area contributed by atoms with E-state index in [0.717, 1.165) is 5.92 Å². The minimum atomic E-state index is 0.544. The fourth-order valence-electron chi connectivity index (χ4n) is 2.69. The van der Waals surface area contributed by atoms with Crippen LogP contribution in [-0.2, 0) is 0 Å². The molecule has 1 aromatic carbocycles. The highest BCUT2D eigenvalue weighted by molar-refractivity contribution is 5.19. The van der Waals surface area contributed by atoms with E-state index in [4.69, 9.17) is 0 Å². The SMILES string of the molecule is CCCCC(NCC1CC1(C)C)c1ccccc1. The van der Waals surface area contributed by atoms with Crippen molar-refractivity contribution >= 4 is 0 Å². The number of hydrogen-bond acceptors (Lipinski definition) is 1. The Hall–Kier alpha value is -0.820. The molecule has 1 N–H and O–H groups in total. The average Bonchev–Trinajstić information content (AvgIpc) is 2.98. The van der Waals surface area contributed by atoms with Gasteiger partial charge in [-0.25, -0.2) is 0 Å². The van der Waals surface area contributed by atoms with Crippen molar-refractivity contribution in [3.63, 3.8) is 0 Å². The van der Waals surface area contributed by atoms with Gasteiger partial charge >= 0.3 is 0 Å². The smallest absolute Gasteiger partial charge is 0.0320 e. The second kappa shape index (κ2) is 5.88. The fraction of sp³-hybridized carbons (Fsp3) is 0.647. The second-order valence-corrected chi connectivity index (χ2v) is 6.40. The molecule has 0 bridgehead atoms. The zero-order valence-electron chi connectivity index (χ0n) is 12.1. The lowest BCUT2D eigenvalue weighted by atomic mass is 10.0. The summed E-state index contributed by atoms with van der Waals surface area (Å²) in [5.74, 6) is 0.880. The molecule has 0 aromatic heterocycles. The van der Waals surface area contributed by atoms with Crippen LogP contribution in [0.2, 0.25) is 0 Å². The van der Waals surface area contributed by atoms with Crippen LogP contribution >= 0.6 is 0 Å². The molecular formula is C17H27N. The highest BCUT2D eigenvalue weighted by Gasteiger charge is 2.45. The summed E-state index contributed by atoms with van der Waals surface area (Å²) in [5.41, 5.74) is 2.03. The zero-order valence-corrected chi connectivity index (χ0v) is 12.1. The molecule has 100 valence electrons. The first-order valence-corrected chi connectivity index (χ1v) is 7.42. The van der Waals surface area contributed by atoms with Crippen LogP contribution < -0.4 is 5.32 Å². The van der Waals surface area contributed by atoms with Crippen LogP contribution in [0.25, 0.3) is 0 Å². The lowest BCUT2D eigenvalue weighted by molar-refractivity contribution is 0.441. The van der Waals surface area contributed by atoms with Gasteiger partial charge in [0.1, 0.15) is 0 Å². The van der Waals surface area contributed by atoms with Crippen molar-refractivity contribution in [3.8, 4) is 0 Å². The molecule has 0 spiro atoms. The Bertz CT molecular complexity index is 355. The minimum absolute atomic E-state index is 0.544. The number of hydrogen-bond donors (Lipinski definition) is 1. The Balaban J connectivity index is 1.89. The van der Waals surface area contributed by atoms with E-state index in [9.17, 15) is 0 Å². The lowest BCUT2D eigenvalue weighted by Gasteiger charge is -2.19. The molecular weight excluding hydrogens is 218 g/mol. The third kappa shape index (κ3) is 3.58. The second-order valence-electron chi connectivity index (χ2n) is 6.40. The van der Waals surface area contributed by atoms with Gasteiger partial charge in [0.15, 0.2) is 0 Å². The number of rotatable bonds is 7. The minimum Gasteiger partial charge on any atom is -0.310 e. The molecule has 18 heavy (non-hydrogen) atoms. The molecule has 2 unspecified atom stereocenters. The third-order valence-electron chi connectivity index (χ3n) is 4.38. The zero-order chi connectivity index (χ0) is 13.0. The Morgan fingerprint density at radius 3 is 2.50 bits per heavy atom. The van der Waals surface area contributed by atoms with E-state index in [1.54, 1.807) is 0 Å². The van der Waals surface area contributed by atoms with Crippen LogP contribution in [0.1, 0.15) is 58.1 Å². The highest BCUT2D eigenvalue weighted by atomic mass is 14.9. The largest absolute Gasteiger partial charge is 0.310 e. The predicted octanol–water partition coefficient (Wildman–Crippen LogP) is 4.55. The molecule has 1 aromatic rings. The van der Waals surface area contributed by atoms with Crippen LogP contribution in [0.15, 0.2) is 30.3 Å². The first-order valence-electron chi connectivity index (χ1n) is 7.42. The maximum Gasteiger partial charge on any atom is 0.0320 e. The normalized spacial score (nSPS) is 22.7. The van der Waals surface area contributed by atoms with E-state index < -0.39 is 0 Å². The van der Waals surface area contributed by atoms with Crippen LogP contribution in [0, 0.1) is 11.3 Å². The molecule has 0 amide bonds. The third-order valence-corrected chi connectivity index (χ3v) is 4.38. The van der Waals surface area contributed by atoms with Gasteiger partial charge in [0.25, 0.3) is 0 Å². The summed E-state index contributed by atoms with van der Waals surface area (Å²) in [7, 11) is 0. The quantitative estimate of drug-likeness (QED) is 0.743. The van der Waals surface area contributed by atoms with Gasteiger partial charge in [-0.2, -0.15) is 0 Å². The van der Waals surface area contributed by atoms with Crippen molar-refractivity contribution in [1.29, 1.82) is 0 Å². The molecule has 0 aliphatic heterocycles. The first kappa shape index (κ1) is 13.6. The maximum absolute atomic E-state index is 3.79. The van der Waals surface area contributed by atoms with Crippen molar-refractivity contribution in [2.75, 3.05) is 6.54 Å². The van der Waals surface area contributed by atoms with E-state index in [0.29, 0.717) is 11.5 Å². The summed E-state index contributed by atoms with van der Waals surface area (Å²) in [6, 6.07) is 11.5. The van der Waals surface area contributed by atoms with Crippen LogP contribution in [0.4, 0.5) is 0 Å². The maximum atomic E-state index is 3.79. The summed E-state index contributed by atoms with van der Waals surface area (Å²) in [6.07, 6.45) is 5.23. The van der Waals surface area contributed by atoms with Gasteiger partial charge in [-0.1, -0.05) is 63.9 Å². The van der Waals surface area contributed by atoms with Crippen LogP contribution in [-0.4, -0.2) is 6.54 Å². The Morgan fingerprint density at radius 2 is 1.94 bits per heavy atom. The molecule has 1 nitrogen and oxygen atoms in total. The molecule has 2 rings (SSSR count). The van der Waals surface area contributed by atoms with Crippen molar-refractivity contribution in [2.24, 2.45) is 11.3 Å². The Labute approximate surface area is 112 Å². The fourth-order valence-corrected chi connectivity index (χ4v) is 2.69. The summed E-state index contributed by atoms with van der Waals surface area (Å²) in [6.45, 7) is 8.20. The van der Waals surface area contributed by atoms with Gasteiger partial charge < -0.3 is 5.32 Å². The topological polar surface area (TPSA) is 12.0 Å². The molecule has 2 atom stereocenters. The molecule has 1 heteroatoms. The van der Waals surface area contributed by atoms with Crippen molar-refractivity contribution in [2.45, 2.75) is 52.5 Å². The van der Waals surface area contributed by atoms with Crippen LogP contribution in [0.5, 0.6) is 0 Å². The Kier molecular flexibility index (Phi) is 4.45. The lowest BCUT2D eigenvalue weighted by Crippen LogP contribution is -2.24. The van der Waals surface area contributed by atoms with Gasteiger partial charge in [-0.15, -0.1) is 0 Å². The van der Waals surface area contributed by atoms with E-state index in [-0.39, 0.29) is 0 Å². The number of unbranched alkanes of at least 4 members (excludes halogenated alkanes) is 1. The van der Waals surface area contributed by atoms with Gasteiger partial charge in [0, 0.05) is 6.04 Å². The van der Waals surface area contributed by atoms with Crippen LogP contribution in [0.3, 0.4) is 0 Å². The van der Waals surface area contributed by atoms with Gasteiger partial charge in [-0.3, -0.25) is 0 Å². The molecule has 0 radical (unpaired) electrons. The van der Waals surface area contributed by atoms with E-state index in [2.05, 4.69) is 56.4 Å². The first-order chi connectivity index (χ1) is 8.63. The molecule has 1 fully saturated rings. The van der Waals surface area contributed by atoms with E-state index in [1.165, 1.54) is 37.8 Å². The van der Waals surface area contributed by atoms with Crippen molar-refractivity contribution < 1.29 is 0 Å². The molecule has 1 aliphatic carbocycles. The van der Waals surface area contributed by atoms with E-state index >= 15 is 0 Å². The van der Waals surface area contributed by atoms with E-state index in [1.807, 2.05) is 0 Å². The predicted molar refractivity (Wildman–Crippen MR) is 78.6 cm³/mol. The van der Waals surface area contributed by atoms with Crippen molar-refractivity contribution in [3.05, 3.63) is 35.9 Å².